The molecule has 1 fully saturated rings. The van der Waals surface area contributed by atoms with E-state index in [0.29, 0.717) is 0 Å². The first kappa shape index (κ1) is 10.3. The molecule has 1 atom stereocenters. The van der Waals surface area contributed by atoms with Crippen molar-refractivity contribution in [2.24, 2.45) is 0 Å². The van der Waals surface area contributed by atoms with E-state index in [1.54, 1.807) is 0 Å². The highest BCUT2D eigenvalue weighted by Gasteiger charge is 2.17. The van der Waals surface area contributed by atoms with Gasteiger partial charge in [0.25, 0.3) is 0 Å². The smallest absolute Gasteiger partial charge is 0.0196 e. The van der Waals surface area contributed by atoms with Crippen LogP contribution in [-0.4, -0.2) is 29.4 Å². The number of hydrogen-bond donors (Lipinski definition) is 0. The van der Waals surface area contributed by atoms with Gasteiger partial charge in [-0.25, -0.2) is 0 Å². The molecule has 2 heteroatoms. The number of hydrogen-bond acceptors (Lipinski definition) is 1. The summed E-state index contributed by atoms with van der Waals surface area (Å²) in [6, 6.07) is 0.741. The number of likely N-dealkylation sites (tertiary alicyclic amines) is 1. The summed E-state index contributed by atoms with van der Waals surface area (Å²) in [5.41, 5.74) is 0. The van der Waals surface area contributed by atoms with E-state index in [4.69, 9.17) is 0 Å². The van der Waals surface area contributed by atoms with Crippen LogP contribution in [-0.2, 0) is 0 Å². The summed E-state index contributed by atoms with van der Waals surface area (Å²) in [5, 5.41) is 1.11. The van der Waals surface area contributed by atoms with Crippen molar-refractivity contribution in [1.29, 1.82) is 0 Å². The van der Waals surface area contributed by atoms with Crippen LogP contribution >= 0.6 is 15.9 Å². The molecule has 0 aromatic carbocycles. The van der Waals surface area contributed by atoms with Crippen LogP contribution in [0.15, 0.2) is 12.7 Å². The molecule has 0 aromatic heterocycles. The third-order valence-electron chi connectivity index (χ3n) is 2.54. The Bertz CT molecular complexity index is 136. The van der Waals surface area contributed by atoms with Crippen molar-refractivity contribution in [3.63, 3.8) is 0 Å². The first-order valence-corrected chi connectivity index (χ1v) is 5.91. The molecule has 1 unspecified atom stereocenters. The van der Waals surface area contributed by atoms with Gasteiger partial charge in [0.2, 0.25) is 0 Å². The van der Waals surface area contributed by atoms with E-state index in [1.807, 2.05) is 6.08 Å². The van der Waals surface area contributed by atoms with Crippen molar-refractivity contribution in [2.45, 2.75) is 31.7 Å². The molecule has 70 valence electrons. The Labute approximate surface area is 84.0 Å². The number of halogens is 1. The van der Waals surface area contributed by atoms with E-state index in [0.717, 1.165) is 17.9 Å². The second-order valence-electron chi connectivity index (χ2n) is 3.44. The molecule has 0 amide bonds. The zero-order valence-corrected chi connectivity index (χ0v) is 9.22. The van der Waals surface area contributed by atoms with Crippen LogP contribution in [0.2, 0.25) is 0 Å². The van der Waals surface area contributed by atoms with Gasteiger partial charge < -0.3 is 0 Å². The van der Waals surface area contributed by atoms with Gasteiger partial charge in [-0.2, -0.15) is 0 Å². The van der Waals surface area contributed by atoms with Gasteiger partial charge in [-0.15, -0.1) is 6.58 Å². The minimum atomic E-state index is 0.741. The Morgan fingerprint density at radius 3 is 2.92 bits per heavy atom. The van der Waals surface area contributed by atoms with E-state index in [-0.39, 0.29) is 0 Å². The monoisotopic (exact) mass is 231 g/mol. The Hall–Kier alpha value is 0.180. The zero-order chi connectivity index (χ0) is 8.81. The van der Waals surface area contributed by atoms with Gasteiger partial charge in [0.1, 0.15) is 0 Å². The number of nitrogens with zero attached hydrogens (tertiary/aromatic N) is 1. The van der Waals surface area contributed by atoms with Crippen molar-refractivity contribution in [2.75, 3.05) is 18.4 Å². The fourth-order valence-electron chi connectivity index (χ4n) is 1.82. The maximum atomic E-state index is 3.80. The molecule has 1 aliphatic rings. The molecule has 1 rings (SSSR count). The summed E-state index contributed by atoms with van der Waals surface area (Å²) < 4.78 is 0. The van der Waals surface area contributed by atoms with Crippen LogP contribution in [0.3, 0.4) is 0 Å². The van der Waals surface area contributed by atoms with Crippen molar-refractivity contribution in [1.82, 2.24) is 4.90 Å². The van der Waals surface area contributed by atoms with E-state index in [9.17, 15) is 0 Å². The third kappa shape index (κ3) is 2.91. The molecule has 1 heterocycles. The van der Waals surface area contributed by atoms with Crippen LogP contribution in [0.1, 0.15) is 25.7 Å². The number of alkyl halides is 1. The Balaban J connectivity index is 2.44. The lowest BCUT2D eigenvalue weighted by molar-refractivity contribution is 0.242. The van der Waals surface area contributed by atoms with Crippen LogP contribution in [0, 0.1) is 0 Å². The van der Waals surface area contributed by atoms with Crippen molar-refractivity contribution in [3.8, 4) is 0 Å². The maximum absolute atomic E-state index is 3.80. The lowest BCUT2D eigenvalue weighted by atomic mass is 10.1. The Kier molecular flexibility index (Phi) is 4.93. The van der Waals surface area contributed by atoms with Crippen molar-refractivity contribution < 1.29 is 0 Å². The largest absolute Gasteiger partial charge is 0.296 e. The molecular weight excluding hydrogens is 214 g/mol. The highest BCUT2D eigenvalue weighted by molar-refractivity contribution is 9.09. The summed E-state index contributed by atoms with van der Waals surface area (Å²) in [6.07, 6.45) is 7.51. The first-order chi connectivity index (χ1) is 5.88. The van der Waals surface area contributed by atoms with Crippen LogP contribution in [0.25, 0.3) is 0 Å². The molecule has 0 aromatic rings. The molecule has 1 saturated heterocycles. The summed E-state index contributed by atoms with van der Waals surface area (Å²) in [7, 11) is 0. The summed E-state index contributed by atoms with van der Waals surface area (Å²) in [6.45, 7) is 6.10. The van der Waals surface area contributed by atoms with Crippen molar-refractivity contribution in [3.05, 3.63) is 12.7 Å². The molecular formula is C10H18BrN. The van der Waals surface area contributed by atoms with Gasteiger partial charge in [0.05, 0.1) is 0 Å². The lowest BCUT2D eigenvalue weighted by Crippen LogP contribution is -2.36. The van der Waals surface area contributed by atoms with E-state index in [2.05, 4.69) is 27.4 Å². The summed E-state index contributed by atoms with van der Waals surface area (Å²) in [5.74, 6) is 0. The second-order valence-corrected chi connectivity index (χ2v) is 4.09. The van der Waals surface area contributed by atoms with Crippen LogP contribution in [0.4, 0.5) is 0 Å². The van der Waals surface area contributed by atoms with Gasteiger partial charge in [-0.1, -0.05) is 34.8 Å². The topological polar surface area (TPSA) is 3.24 Å². The van der Waals surface area contributed by atoms with Gasteiger partial charge >= 0.3 is 0 Å². The molecule has 0 N–H and O–H groups in total. The predicted molar refractivity (Wildman–Crippen MR) is 57.8 cm³/mol. The third-order valence-corrected chi connectivity index (χ3v) is 3.29. The fourth-order valence-corrected chi connectivity index (χ4v) is 2.55. The van der Waals surface area contributed by atoms with Gasteiger partial charge in [-0.05, 0) is 19.4 Å². The first-order valence-electron chi connectivity index (χ1n) is 4.79. The summed E-state index contributed by atoms with van der Waals surface area (Å²) in [4.78, 5) is 2.54. The van der Waals surface area contributed by atoms with Crippen LogP contribution in [0.5, 0.6) is 0 Å². The molecule has 1 nitrogen and oxygen atoms in total. The molecule has 0 saturated carbocycles. The Morgan fingerprint density at radius 1 is 1.42 bits per heavy atom. The SMILES string of the molecule is C=CCN1CCCCCC1CBr. The lowest BCUT2D eigenvalue weighted by Gasteiger charge is -2.26. The molecule has 0 aliphatic carbocycles. The maximum Gasteiger partial charge on any atom is 0.0196 e. The van der Waals surface area contributed by atoms with E-state index >= 15 is 0 Å². The minimum Gasteiger partial charge on any atom is -0.296 e. The second kappa shape index (κ2) is 5.76. The summed E-state index contributed by atoms with van der Waals surface area (Å²) >= 11 is 3.58. The average molecular weight is 232 g/mol. The highest BCUT2D eigenvalue weighted by atomic mass is 79.9. The molecule has 0 radical (unpaired) electrons. The molecule has 0 spiro atoms. The van der Waals surface area contributed by atoms with Gasteiger partial charge in [0, 0.05) is 17.9 Å². The van der Waals surface area contributed by atoms with E-state index < -0.39 is 0 Å². The Morgan fingerprint density at radius 2 is 2.25 bits per heavy atom. The van der Waals surface area contributed by atoms with Gasteiger partial charge in [-0.3, -0.25) is 4.90 Å². The highest BCUT2D eigenvalue weighted by Crippen LogP contribution is 2.17. The fraction of sp³-hybridized carbons (Fsp3) is 0.800. The quantitative estimate of drug-likeness (QED) is 0.534. The number of rotatable bonds is 3. The molecule has 1 aliphatic heterocycles. The van der Waals surface area contributed by atoms with Crippen molar-refractivity contribution >= 4 is 15.9 Å². The molecule has 12 heavy (non-hydrogen) atoms. The average Bonchev–Trinajstić information content (AvgIpc) is 2.30. The normalized spacial score (nSPS) is 26.6. The van der Waals surface area contributed by atoms with Crippen LogP contribution < -0.4 is 0 Å². The van der Waals surface area contributed by atoms with Gasteiger partial charge in [0.15, 0.2) is 0 Å². The standard InChI is InChI=1S/C10H18BrN/c1-2-7-12-8-5-3-4-6-10(12)9-11/h2,10H,1,3-9H2. The molecule has 0 bridgehead atoms. The zero-order valence-electron chi connectivity index (χ0n) is 7.64. The predicted octanol–water partition coefficient (Wildman–Crippen LogP) is 2.81. The minimum absolute atomic E-state index is 0.741. The van der Waals surface area contributed by atoms with E-state index in [1.165, 1.54) is 32.2 Å².